The molecule has 0 N–H and O–H groups in total. The van der Waals surface area contributed by atoms with E-state index in [1.165, 1.54) is 21.7 Å². The van der Waals surface area contributed by atoms with E-state index in [1.807, 2.05) is 45.0 Å². The van der Waals surface area contributed by atoms with Crippen LogP contribution in [0, 0.1) is 9.39 Å². The predicted molar refractivity (Wildman–Crippen MR) is 175 cm³/mol. The van der Waals surface area contributed by atoms with Gasteiger partial charge in [0.2, 0.25) is 5.95 Å². The average Bonchev–Trinajstić information content (AvgIpc) is 3.49. The molecule has 45 heavy (non-hydrogen) atoms. The van der Waals surface area contributed by atoms with Crippen molar-refractivity contribution in [1.29, 1.82) is 0 Å². The highest BCUT2D eigenvalue weighted by Crippen LogP contribution is 2.36. The standard InChI is InChI=1S/C32H33FIN7O4/c1-31(2,3)44-29(42)39(28-38-26(18-13-19(33)16-35-15-18)37-27-23(34)17-36-41(27)28)20-11-12-25-22(14-20)21-9-7-8-10-24(21)40(25)30(43)45-32(4,5)6/h7-10,13,15-17,20H,11-12,14H2,1-6H3/t20-/m1/s1. The van der Waals surface area contributed by atoms with Gasteiger partial charge in [-0.2, -0.15) is 14.6 Å². The van der Waals surface area contributed by atoms with E-state index in [1.54, 1.807) is 31.5 Å². The number of nitrogens with zero attached hydrogens (tertiary/aromatic N) is 7. The SMILES string of the molecule is CC(C)(C)OC(=O)N(c1nc(-c2cncc(F)c2)nc2c(I)cnn12)[C@@H]1CCc2c(c3ccccc3n2C(=O)OC(C)(C)C)C1. The number of ether oxygens (including phenoxy) is 2. The molecule has 0 aliphatic heterocycles. The summed E-state index contributed by atoms with van der Waals surface area (Å²) in [5.41, 5.74) is 1.86. The molecular formula is C32H33FIN7O4. The number of halogens is 2. The number of carbonyl (C=O) groups excluding carboxylic acids is 2. The normalized spacial score (nSPS) is 15.2. The van der Waals surface area contributed by atoms with Gasteiger partial charge >= 0.3 is 12.2 Å². The van der Waals surface area contributed by atoms with Gasteiger partial charge in [0.15, 0.2) is 11.5 Å². The summed E-state index contributed by atoms with van der Waals surface area (Å²) in [7, 11) is 0. The number of carbonyl (C=O) groups is 2. The van der Waals surface area contributed by atoms with E-state index < -0.39 is 35.2 Å². The second kappa shape index (κ2) is 11.3. The molecule has 1 atom stereocenters. The van der Waals surface area contributed by atoms with Crippen molar-refractivity contribution in [3.05, 3.63) is 69.6 Å². The highest BCUT2D eigenvalue weighted by molar-refractivity contribution is 14.1. The van der Waals surface area contributed by atoms with Crippen LogP contribution in [0.1, 0.15) is 59.2 Å². The maximum absolute atomic E-state index is 14.2. The molecule has 5 aromatic rings. The van der Waals surface area contributed by atoms with Gasteiger partial charge in [0, 0.05) is 28.9 Å². The maximum Gasteiger partial charge on any atom is 0.419 e. The molecule has 1 aliphatic carbocycles. The zero-order valence-electron chi connectivity index (χ0n) is 25.8. The van der Waals surface area contributed by atoms with Crippen LogP contribution in [0.2, 0.25) is 0 Å². The van der Waals surface area contributed by atoms with Crippen molar-refractivity contribution in [2.45, 2.75) is 78.0 Å². The van der Waals surface area contributed by atoms with Gasteiger partial charge in [0.25, 0.3) is 0 Å². The van der Waals surface area contributed by atoms with Crippen LogP contribution < -0.4 is 4.90 Å². The minimum Gasteiger partial charge on any atom is -0.443 e. The fraction of sp³-hybridized carbons (Fsp3) is 0.375. The lowest BCUT2D eigenvalue weighted by Crippen LogP contribution is -2.47. The molecule has 1 amide bonds. The number of fused-ring (bicyclic) bond motifs is 4. The van der Waals surface area contributed by atoms with Crippen LogP contribution in [0.4, 0.5) is 19.9 Å². The largest absolute Gasteiger partial charge is 0.443 e. The van der Waals surface area contributed by atoms with Crippen LogP contribution in [0.25, 0.3) is 27.9 Å². The van der Waals surface area contributed by atoms with Crippen LogP contribution >= 0.6 is 22.6 Å². The number of hydrogen-bond acceptors (Lipinski definition) is 8. The molecule has 0 spiro atoms. The number of para-hydroxylation sites is 1. The zero-order valence-corrected chi connectivity index (χ0v) is 28.0. The fourth-order valence-electron chi connectivity index (χ4n) is 5.59. The highest BCUT2D eigenvalue weighted by Gasteiger charge is 2.38. The number of anilines is 1. The molecule has 0 radical (unpaired) electrons. The summed E-state index contributed by atoms with van der Waals surface area (Å²) in [5.74, 6) is -0.166. The minimum absolute atomic E-state index is 0.181. The lowest BCUT2D eigenvalue weighted by molar-refractivity contribution is 0.0527. The van der Waals surface area contributed by atoms with Crippen molar-refractivity contribution in [3.63, 3.8) is 0 Å². The molecule has 0 bridgehead atoms. The van der Waals surface area contributed by atoms with E-state index in [4.69, 9.17) is 14.5 Å². The molecule has 234 valence electrons. The Labute approximate surface area is 272 Å². The summed E-state index contributed by atoms with van der Waals surface area (Å²) in [6.45, 7) is 10.9. The van der Waals surface area contributed by atoms with E-state index in [0.717, 1.165) is 31.9 Å². The van der Waals surface area contributed by atoms with E-state index >= 15 is 0 Å². The molecule has 0 saturated carbocycles. The lowest BCUT2D eigenvalue weighted by Gasteiger charge is -2.35. The van der Waals surface area contributed by atoms with Gasteiger partial charge in [-0.15, -0.1) is 0 Å². The number of rotatable bonds is 3. The molecule has 4 heterocycles. The molecule has 11 nitrogen and oxygen atoms in total. The highest BCUT2D eigenvalue weighted by atomic mass is 127. The van der Waals surface area contributed by atoms with Gasteiger partial charge in [0.1, 0.15) is 17.0 Å². The molecule has 13 heteroatoms. The summed E-state index contributed by atoms with van der Waals surface area (Å²) < 4.78 is 29.8. The molecule has 6 rings (SSSR count). The molecule has 1 aromatic carbocycles. The van der Waals surface area contributed by atoms with E-state index in [9.17, 15) is 14.0 Å². The van der Waals surface area contributed by atoms with E-state index in [2.05, 4.69) is 37.7 Å². The zero-order chi connectivity index (χ0) is 32.3. The van der Waals surface area contributed by atoms with E-state index in [0.29, 0.717) is 30.5 Å². The number of benzene rings is 1. The smallest absolute Gasteiger partial charge is 0.419 e. The van der Waals surface area contributed by atoms with Crippen LogP contribution in [0.3, 0.4) is 0 Å². The van der Waals surface area contributed by atoms with Gasteiger partial charge < -0.3 is 9.47 Å². The maximum atomic E-state index is 14.2. The summed E-state index contributed by atoms with van der Waals surface area (Å²) >= 11 is 2.11. The summed E-state index contributed by atoms with van der Waals surface area (Å²) in [5, 5.41) is 5.40. The Morgan fingerprint density at radius 1 is 1.02 bits per heavy atom. The van der Waals surface area contributed by atoms with Crippen molar-refractivity contribution >= 4 is 57.3 Å². The average molecular weight is 726 g/mol. The van der Waals surface area contributed by atoms with Crippen molar-refractivity contribution in [3.8, 4) is 11.4 Å². The first-order valence-corrected chi connectivity index (χ1v) is 15.7. The van der Waals surface area contributed by atoms with Crippen molar-refractivity contribution in [1.82, 2.24) is 29.1 Å². The van der Waals surface area contributed by atoms with Gasteiger partial charge in [0.05, 0.1) is 21.5 Å². The molecule has 4 aromatic heterocycles. The van der Waals surface area contributed by atoms with Gasteiger partial charge in [-0.1, -0.05) is 18.2 Å². The third-order valence-corrected chi connectivity index (χ3v) is 8.02. The van der Waals surface area contributed by atoms with Crippen molar-refractivity contribution < 1.29 is 23.5 Å². The van der Waals surface area contributed by atoms with E-state index in [-0.39, 0.29) is 11.8 Å². The summed E-state index contributed by atoms with van der Waals surface area (Å²) in [6, 6.07) is 8.56. The summed E-state index contributed by atoms with van der Waals surface area (Å²) in [6.07, 6.45) is 4.53. The Balaban J connectivity index is 1.51. The Hall–Kier alpha value is -4.14. The first-order chi connectivity index (χ1) is 21.2. The monoisotopic (exact) mass is 725 g/mol. The Bertz CT molecular complexity index is 1960. The first-order valence-electron chi connectivity index (χ1n) is 14.6. The topological polar surface area (TPSA) is 117 Å². The lowest BCUT2D eigenvalue weighted by atomic mass is 9.90. The Morgan fingerprint density at radius 2 is 1.76 bits per heavy atom. The van der Waals surface area contributed by atoms with Crippen LogP contribution in [0.5, 0.6) is 0 Å². The van der Waals surface area contributed by atoms with Gasteiger partial charge in [-0.05, 0) is 101 Å². The number of aromatic nitrogens is 6. The fourth-order valence-corrected chi connectivity index (χ4v) is 6.06. The van der Waals surface area contributed by atoms with Crippen LogP contribution in [0.15, 0.2) is 48.9 Å². The van der Waals surface area contributed by atoms with Crippen molar-refractivity contribution in [2.24, 2.45) is 0 Å². The number of pyridine rings is 1. The molecule has 1 aliphatic rings. The van der Waals surface area contributed by atoms with Crippen LogP contribution in [-0.4, -0.2) is 58.6 Å². The third-order valence-electron chi connectivity index (χ3n) is 7.26. The van der Waals surface area contributed by atoms with Crippen molar-refractivity contribution in [2.75, 3.05) is 4.90 Å². The number of amides is 1. The predicted octanol–water partition coefficient (Wildman–Crippen LogP) is 6.97. The molecule has 0 saturated heterocycles. The van der Waals surface area contributed by atoms with Crippen LogP contribution in [-0.2, 0) is 22.3 Å². The second-order valence-electron chi connectivity index (χ2n) is 13.0. The Kier molecular flexibility index (Phi) is 7.78. The first kappa shape index (κ1) is 30.9. The van der Waals surface area contributed by atoms with Gasteiger partial charge in [-0.3, -0.25) is 4.98 Å². The second-order valence-corrected chi connectivity index (χ2v) is 14.1. The minimum atomic E-state index is -0.804. The molecule has 0 fully saturated rings. The molecule has 0 unspecified atom stereocenters. The molecular weight excluding hydrogens is 692 g/mol. The number of hydrogen-bond donors (Lipinski definition) is 0. The Morgan fingerprint density at radius 3 is 2.47 bits per heavy atom. The third kappa shape index (κ3) is 6.09. The van der Waals surface area contributed by atoms with Gasteiger partial charge in [-0.25, -0.2) is 28.4 Å². The quantitative estimate of drug-likeness (QED) is 0.183. The summed E-state index contributed by atoms with van der Waals surface area (Å²) in [4.78, 5) is 42.4.